The van der Waals surface area contributed by atoms with Crippen molar-refractivity contribution in [3.8, 4) is 11.5 Å². The van der Waals surface area contributed by atoms with Gasteiger partial charge in [0.05, 0.1) is 24.4 Å². The van der Waals surface area contributed by atoms with Crippen LogP contribution in [-0.4, -0.2) is 59.5 Å². The molecule has 0 unspecified atom stereocenters. The Balaban J connectivity index is 1.33. The number of hydrogen-bond acceptors (Lipinski definition) is 6. The number of hydroxylamine groups is 2. The number of para-hydroxylation sites is 2. The summed E-state index contributed by atoms with van der Waals surface area (Å²) in [7, 11) is 0. The Kier molecular flexibility index (Phi) is 7.11. The van der Waals surface area contributed by atoms with Crippen LogP contribution in [0.25, 0.3) is 0 Å². The summed E-state index contributed by atoms with van der Waals surface area (Å²) in [4.78, 5) is 36.9. The molecular formula is C23H28N4O4. The minimum absolute atomic E-state index is 0.0771. The first-order chi connectivity index (χ1) is 15.2. The number of aromatic nitrogens is 1. The number of ether oxygens (including phenoxy) is 1. The maximum atomic E-state index is 13.0. The Morgan fingerprint density at radius 2 is 2.06 bits per heavy atom. The van der Waals surface area contributed by atoms with Crippen LogP contribution in [0.4, 0.5) is 5.69 Å². The number of pyridine rings is 1. The van der Waals surface area contributed by atoms with E-state index in [2.05, 4.69) is 10.3 Å². The van der Waals surface area contributed by atoms with Crippen molar-refractivity contribution in [2.45, 2.75) is 25.7 Å². The summed E-state index contributed by atoms with van der Waals surface area (Å²) < 4.78 is 5.88. The summed E-state index contributed by atoms with van der Waals surface area (Å²) in [5.41, 5.74) is 0.603. The van der Waals surface area contributed by atoms with Crippen LogP contribution in [-0.2, 0) is 14.4 Å². The molecule has 8 heteroatoms. The van der Waals surface area contributed by atoms with E-state index in [9.17, 15) is 9.59 Å². The van der Waals surface area contributed by atoms with Gasteiger partial charge in [-0.1, -0.05) is 12.1 Å². The molecule has 0 aliphatic carbocycles. The SMILES string of the molecule is O=C(Nc1ccccc1Oc1cccnc1)[C@H]1CCCN(C(=O)CCN2CCCO2)C1. The van der Waals surface area contributed by atoms with Crippen molar-refractivity contribution in [1.82, 2.24) is 14.9 Å². The predicted molar refractivity (Wildman–Crippen MR) is 115 cm³/mol. The van der Waals surface area contributed by atoms with Crippen LogP contribution < -0.4 is 10.1 Å². The number of hydrogen-bond donors (Lipinski definition) is 1. The summed E-state index contributed by atoms with van der Waals surface area (Å²) >= 11 is 0. The van der Waals surface area contributed by atoms with Crippen LogP contribution in [0.1, 0.15) is 25.7 Å². The first-order valence-electron chi connectivity index (χ1n) is 10.8. The number of carbonyl (C=O) groups is 2. The van der Waals surface area contributed by atoms with E-state index in [-0.39, 0.29) is 17.7 Å². The highest BCUT2D eigenvalue weighted by atomic mass is 16.7. The number of amides is 2. The smallest absolute Gasteiger partial charge is 0.229 e. The number of carbonyl (C=O) groups excluding carboxylic acids is 2. The lowest BCUT2D eigenvalue weighted by Crippen LogP contribution is -2.44. The maximum Gasteiger partial charge on any atom is 0.229 e. The second-order valence-electron chi connectivity index (χ2n) is 7.82. The molecule has 0 bridgehead atoms. The van der Waals surface area contributed by atoms with Crippen LogP contribution in [0.15, 0.2) is 48.8 Å². The number of nitrogens with one attached hydrogen (secondary N) is 1. The number of rotatable bonds is 7. The molecule has 2 aliphatic rings. The summed E-state index contributed by atoms with van der Waals surface area (Å²) in [6.45, 7) is 3.34. The zero-order chi connectivity index (χ0) is 21.5. The average molecular weight is 425 g/mol. The van der Waals surface area contributed by atoms with Crippen LogP contribution in [0.3, 0.4) is 0 Å². The topological polar surface area (TPSA) is 84.0 Å². The lowest BCUT2D eigenvalue weighted by atomic mass is 9.96. The normalized spacial score (nSPS) is 19.2. The molecule has 2 aliphatic heterocycles. The van der Waals surface area contributed by atoms with Crippen molar-refractivity contribution in [2.75, 3.05) is 38.1 Å². The highest BCUT2D eigenvalue weighted by Crippen LogP contribution is 2.30. The number of piperidine rings is 1. The summed E-state index contributed by atoms with van der Waals surface area (Å²) in [5.74, 6) is 0.891. The van der Waals surface area contributed by atoms with E-state index in [1.807, 2.05) is 34.2 Å². The molecule has 0 radical (unpaired) electrons. The van der Waals surface area contributed by atoms with Gasteiger partial charge < -0.3 is 15.0 Å². The number of anilines is 1. The molecule has 3 heterocycles. The fourth-order valence-corrected chi connectivity index (χ4v) is 3.90. The molecule has 2 aromatic rings. The standard InChI is InChI=1S/C23H28N4O4/c28-22(10-14-27-13-5-15-30-27)26-12-4-6-18(17-26)23(29)25-20-8-1-2-9-21(20)31-19-7-3-11-24-16-19/h1-3,7-9,11,16,18H,4-6,10,12-15,17H2,(H,25,29)/t18-/m0/s1. The van der Waals surface area contributed by atoms with Gasteiger partial charge in [-0.05, 0) is 43.5 Å². The van der Waals surface area contributed by atoms with E-state index >= 15 is 0 Å². The van der Waals surface area contributed by atoms with Crippen molar-refractivity contribution in [1.29, 1.82) is 0 Å². The summed E-state index contributed by atoms with van der Waals surface area (Å²) in [5, 5.41) is 4.84. The van der Waals surface area contributed by atoms with E-state index in [0.29, 0.717) is 43.2 Å². The van der Waals surface area contributed by atoms with Crippen LogP contribution in [0.5, 0.6) is 11.5 Å². The molecule has 31 heavy (non-hydrogen) atoms. The Bertz CT molecular complexity index is 886. The van der Waals surface area contributed by atoms with Gasteiger partial charge >= 0.3 is 0 Å². The molecule has 0 saturated carbocycles. The highest BCUT2D eigenvalue weighted by molar-refractivity contribution is 5.94. The quantitative estimate of drug-likeness (QED) is 0.735. The van der Waals surface area contributed by atoms with Crippen molar-refractivity contribution in [3.05, 3.63) is 48.8 Å². The second-order valence-corrected chi connectivity index (χ2v) is 7.82. The lowest BCUT2D eigenvalue weighted by Gasteiger charge is -2.32. The third-order valence-electron chi connectivity index (χ3n) is 5.55. The molecule has 1 atom stereocenters. The molecule has 2 fully saturated rings. The largest absolute Gasteiger partial charge is 0.454 e. The predicted octanol–water partition coefficient (Wildman–Crippen LogP) is 3.08. The average Bonchev–Trinajstić information content (AvgIpc) is 3.33. The zero-order valence-corrected chi connectivity index (χ0v) is 17.5. The van der Waals surface area contributed by atoms with Gasteiger partial charge in [0, 0.05) is 38.8 Å². The minimum atomic E-state index is -0.243. The van der Waals surface area contributed by atoms with Crippen LogP contribution in [0.2, 0.25) is 0 Å². The van der Waals surface area contributed by atoms with Crippen molar-refractivity contribution in [2.24, 2.45) is 5.92 Å². The van der Waals surface area contributed by atoms with Gasteiger partial charge in [0.2, 0.25) is 11.8 Å². The summed E-state index contributed by atoms with van der Waals surface area (Å²) in [6.07, 6.45) is 6.29. The van der Waals surface area contributed by atoms with Crippen molar-refractivity contribution >= 4 is 17.5 Å². The number of benzene rings is 1. The third kappa shape index (κ3) is 5.80. The van der Waals surface area contributed by atoms with E-state index in [0.717, 1.165) is 32.4 Å². The van der Waals surface area contributed by atoms with Crippen molar-refractivity contribution in [3.63, 3.8) is 0 Å². The third-order valence-corrected chi connectivity index (χ3v) is 5.55. The molecular weight excluding hydrogens is 396 g/mol. The molecule has 4 rings (SSSR count). The van der Waals surface area contributed by atoms with E-state index < -0.39 is 0 Å². The Labute approximate surface area is 182 Å². The number of nitrogens with zero attached hydrogens (tertiary/aromatic N) is 3. The first kappa shape index (κ1) is 21.3. The fourth-order valence-electron chi connectivity index (χ4n) is 3.90. The second kappa shape index (κ2) is 10.4. The monoisotopic (exact) mass is 424 g/mol. The lowest BCUT2D eigenvalue weighted by molar-refractivity contribution is -0.141. The molecule has 2 saturated heterocycles. The number of likely N-dealkylation sites (tertiary alicyclic amines) is 1. The van der Waals surface area contributed by atoms with Gasteiger partial charge in [0.15, 0.2) is 5.75 Å². The Hall–Kier alpha value is -2.97. The van der Waals surface area contributed by atoms with Crippen LogP contribution >= 0.6 is 0 Å². The molecule has 1 N–H and O–H groups in total. The first-order valence-corrected chi connectivity index (χ1v) is 10.8. The minimum Gasteiger partial charge on any atom is -0.454 e. The van der Waals surface area contributed by atoms with Gasteiger partial charge in [-0.15, -0.1) is 0 Å². The van der Waals surface area contributed by atoms with Gasteiger partial charge in [-0.3, -0.25) is 19.4 Å². The van der Waals surface area contributed by atoms with Gasteiger partial charge in [-0.2, -0.15) is 5.06 Å². The van der Waals surface area contributed by atoms with Gasteiger partial charge in [-0.25, -0.2) is 0 Å². The Morgan fingerprint density at radius 3 is 2.87 bits per heavy atom. The van der Waals surface area contributed by atoms with E-state index in [1.165, 1.54) is 0 Å². The fraction of sp³-hybridized carbons (Fsp3) is 0.435. The maximum absolute atomic E-state index is 13.0. The molecule has 1 aromatic carbocycles. The Morgan fingerprint density at radius 1 is 1.16 bits per heavy atom. The van der Waals surface area contributed by atoms with Gasteiger partial charge in [0.1, 0.15) is 5.75 Å². The highest BCUT2D eigenvalue weighted by Gasteiger charge is 2.29. The van der Waals surface area contributed by atoms with E-state index in [4.69, 9.17) is 9.57 Å². The molecule has 164 valence electrons. The molecule has 2 amide bonds. The molecule has 0 spiro atoms. The van der Waals surface area contributed by atoms with Crippen molar-refractivity contribution < 1.29 is 19.2 Å². The zero-order valence-electron chi connectivity index (χ0n) is 17.5. The van der Waals surface area contributed by atoms with Crippen LogP contribution in [0, 0.1) is 5.92 Å². The van der Waals surface area contributed by atoms with Gasteiger partial charge in [0.25, 0.3) is 0 Å². The van der Waals surface area contributed by atoms with E-state index in [1.54, 1.807) is 24.5 Å². The molecule has 8 nitrogen and oxygen atoms in total. The molecule has 1 aromatic heterocycles. The summed E-state index contributed by atoms with van der Waals surface area (Å²) in [6, 6.07) is 10.9.